The molecule has 0 aliphatic heterocycles. The van der Waals surface area contributed by atoms with Crippen molar-refractivity contribution in [3.8, 4) is 11.4 Å². The van der Waals surface area contributed by atoms with Crippen LogP contribution in [0.2, 0.25) is 0 Å². The third-order valence-electron chi connectivity index (χ3n) is 5.21. The molecule has 0 saturated carbocycles. The van der Waals surface area contributed by atoms with Gasteiger partial charge in [-0.15, -0.1) is 0 Å². The van der Waals surface area contributed by atoms with Crippen molar-refractivity contribution in [1.82, 2.24) is 18.7 Å². The van der Waals surface area contributed by atoms with Crippen LogP contribution in [0.5, 0.6) is 0 Å². The minimum absolute atomic E-state index is 0.0873. The van der Waals surface area contributed by atoms with Crippen LogP contribution < -0.4 is 11.1 Å². The van der Waals surface area contributed by atoms with Crippen molar-refractivity contribution in [2.75, 3.05) is 0 Å². The Morgan fingerprint density at radius 1 is 0.600 bits per heavy atom. The van der Waals surface area contributed by atoms with E-state index in [0.717, 1.165) is 22.8 Å². The molecule has 0 radical (unpaired) electrons. The van der Waals surface area contributed by atoms with E-state index in [0.29, 0.717) is 9.79 Å². The molecule has 4 rings (SSSR count). The molecule has 30 heavy (non-hydrogen) atoms. The summed E-state index contributed by atoms with van der Waals surface area (Å²) in [7, 11) is 6.41. The number of hydrogen-bond acceptors (Lipinski definition) is 4. The molecule has 154 valence electrons. The maximum atomic E-state index is 13.1. The second-order valence-electron chi connectivity index (χ2n) is 6.95. The molecular formula is C22H22N4O2S2. The third kappa shape index (κ3) is 3.36. The van der Waals surface area contributed by atoms with Crippen LogP contribution >= 0.6 is 21.6 Å². The molecule has 0 aliphatic rings. The van der Waals surface area contributed by atoms with E-state index < -0.39 is 0 Å². The summed E-state index contributed by atoms with van der Waals surface area (Å²) in [5, 5.41) is 0. The zero-order chi connectivity index (χ0) is 21.4. The van der Waals surface area contributed by atoms with E-state index in [4.69, 9.17) is 0 Å². The van der Waals surface area contributed by atoms with Crippen LogP contribution in [0.15, 0.2) is 80.0 Å². The molecule has 6 nitrogen and oxygen atoms in total. The Balaban J connectivity index is 1.71. The fourth-order valence-electron chi connectivity index (χ4n) is 3.36. The molecule has 2 aromatic heterocycles. The van der Waals surface area contributed by atoms with Gasteiger partial charge in [-0.3, -0.25) is 19.0 Å². The van der Waals surface area contributed by atoms with E-state index in [9.17, 15) is 9.59 Å². The Kier molecular flexibility index (Phi) is 5.53. The van der Waals surface area contributed by atoms with Gasteiger partial charge in [-0.25, -0.2) is 9.36 Å². The lowest BCUT2D eigenvalue weighted by Gasteiger charge is -2.07. The molecule has 2 heterocycles. The first-order valence-electron chi connectivity index (χ1n) is 9.44. The van der Waals surface area contributed by atoms with E-state index in [1.54, 1.807) is 9.36 Å². The highest BCUT2D eigenvalue weighted by molar-refractivity contribution is 8.76. The van der Waals surface area contributed by atoms with E-state index in [-0.39, 0.29) is 11.1 Å². The highest BCUT2D eigenvalue weighted by Gasteiger charge is 2.21. The first-order valence-corrected chi connectivity index (χ1v) is 11.6. The molecule has 2 aromatic carbocycles. The normalized spacial score (nSPS) is 11.2. The SMILES string of the molecule is Cc1c(SSc2c(C)n(C)n(-c3ccccc3)c2=O)c(=O)n(-c2ccccc2)n1C. The highest BCUT2D eigenvalue weighted by atomic mass is 33.1. The third-order valence-corrected chi connectivity index (χ3v) is 7.82. The average Bonchev–Trinajstić information content (AvgIpc) is 3.10. The number of hydrogen-bond donors (Lipinski definition) is 0. The first kappa shape index (κ1) is 20.4. The van der Waals surface area contributed by atoms with E-state index in [2.05, 4.69) is 0 Å². The van der Waals surface area contributed by atoms with Gasteiger partial charge in [-0.2, -0.15) is 0 Å². The lowest BCUT2D eigenvalue weighted by Crippen LogP contribution is -2.20. The average molecular weight is 439 g/mol. The van der Waals surface area contributed by atoms with Crippen molar-refractivity contribution < 1.29 is 0 Å². The zero-order valence-electron chi connectivity index (χ0n) is 17.2. The minimum Gasteiger partial charge on any atom is -0.284 e. The van der Waals surface area contributed by atoms with Crippen LogP contribution in [0.4, 0.5) is 0 Å². The molecule has 0 atom stereocenters. The molecule has 0 fully saturated rings. The number of benzene rings is 2. The topological polar surface area (TPSA) is 53.9 Å². The van der Waals surface area contributed by atoms with Crippen molar-refractivity contribution in [3.63, 3.8) is 0 Å². The second-order valence-corrected chi connectivity index (χ2v) is 9.10. The van der Waals surface area contributed by atoms with Crippen LogP contribution in [0.1, 0.15) is 11.4 Å². The summed E-state index contributed by atoms with van der Waals surface area (Å²) in [4.78, 5) is 27.5. The lowest BCUT2D eigenvalue weighted by molar-refractivity contribution is 0.630. The maximum absolute atomic E-state index is 13.1. The predicted octanol–water partition coefficient (Wildman–Crippen LogP) is 4.08. The molecule has 0 unspecified atom stereocenters. The van der Waals surface area contributed by atoms with Gasteiger partial charge in [0.05, 0.1) is 22.8 Å². The monoisotopic (exact) mass is 438 g/mol. The van der Waals surface area contributed by atoms with Crippen LogP contribution in [0, 0.1) is 13.8 Å². The Morgan fingerprint density at radius 2 is 0.933 bits per heavy atom. The van der Waals surface area contributed by atoms with Crippen molar-refractivity contribution >= 4 is 21.6 Å². The maximum Gasteiger partial charge on any atom is 0.286 e. The summed E-state index contributed by atoms with van der Waals surface area (Å²) in [6, 6.07) is 19.1. The van der Waals surface area contributed by atoms with Crippen LogP contribution in [-0.2, 0) is 14.1 Å². The fourth-order valence-corrected chi connectivity index (χ4v) is 6.00. The molecule has 0 aliphatic carbocycles. The van der Waals surface area contributed by atoms with Crippen molar-refractivity contribution in [2.45, 2.75) is 23.6 Å². The summed E-state index contributed by atoms with van der Waals surface area (Å²) < 4.78 is 7.00. The van der Waals surface area contributed by atoms with Gasteiger partial charge in [0.1, 0.15) is 9.79 Å². The zero-order valence-corrected chi connectivity index (χ0v) is 18.8. The van der Waals surface area contributed by atoms with E-state index in [1.807, 2.05) is 98.0 Å². The number of nitrogens with zero attached hydrogens (tertiary/aromatic N) is 4. The summed E-state index contributed by atoms with van der Waals surface area (Å²) >= 11 is 0. The summed E-state index contributed by atoms with van der Waals surface area (Å²) in [5.74, 6) is 0. The number of aromatic nitrogens is 4. The minimum atomic E-state index is -0.0873. The van der Waals surface area contributed by atoms with Gasteiger partial charge in [-0.05, 0) is 59.7 Å². The van der Waals surface area contributed by atoms with Gasteiger partial charge in [0.2, 0.25) is 0 Å². The fraction of sp³-hybridized carbons (Fsp3) is 0.182. The predicted molar refractivity (Wildman–Crippen MR) is 123 cm³/mol. The molecule has 0 spiro atoms. The van der Waals surface area contributed by atoms with Crippen LogP contribution in [-0.4, -0.2) is 18.7 Å². The van der Waals surface area contributed by atoms with Crippen molar-refractivity contribution in [1.29, 1.82) is 0 Å². The largest absolute Gasteiger partial charge is 0.286 e. The Morgan fingerprint density at radius 3 is 1.27 bits per heavy atom. The standard InChI is InChI=1S/C22H22N4O2S2/c1-15-19(21(27)25(23(15)3)17-11-7-5-8-12-17)29-30-20-16(2)24(4)26(22(20)28)18-13-9-6-10-14-18/h5-14H,1-4H3. The first-order chi connectivity index (χ1) is 14.4. The molecular weight excluding hydrogens is 416 g/mol. The van der Waals surface area contributed by atoms with Crippen LogP contribution in [0.25, 0.3) is 11.4 Å². The van der Waals surface area contributed by atoms with Crippen molar-refractivity contribution in [3.05, 3.63) is 92.8 Å². The van der Waals surface area contributed by atoms with Gasteiger partial charge in [-0.1, -0.05) is 36.4 Å². The number of para-hydroxylation sites is 2. The van der Waals surface area contributed by atoms with E-state index in [1.165, 1.54) is 21.6 Å². The van der Waals surface area contributed by atoms with Gasteiger partial charge in [0.25, 0.3) is 11.1 Å². The molecule has 0 amide bonds. The Bertz CT molecular complexity index is 1210. The molecule has 0 N–H and O–H groups in total. The van der Waals surface area contributed by atoms with Gasteiger partial charge < -0.3 is 0 Å². The summed E-state index contributed by atoms with van der Waals surface area (Å²) in [5.41, 5.74) is 3.17. The quantitative estimate of drug-likeness (QED) is 0.441. The van der Waals surface area contributed by atoms with E-state index >= 15 is 0 Å². The Hall–Kier alpha value is -2.84. The molecule has 0 bridgehead atoms. The van der Waals surface area contributed by atoms with Gasteiger partial charge in [0.15, 0.2) is 0 Å². The smallest absolute Gasteiger partial charge is 0.284 e. The van der Waals surface area contributed by atoms with Gasteiger partial charge in [0, 0.05) is 14.1 Å². The van der Waals surface area contributed by atoms with Gasteiger partial charge >= 0.3 is 0 Å². The molecule has 8 heteroatoms. The summed E-state index contributed by atoms with van der Waals surface area (Å²) in [6.45, 7) is 3.84. The highest BCUT2D eigenvalue weighted by Crippen LogP contribution is 2.37. The molecule has 4 aromatic rings. The molecule has 0 saturated heterocycles. The number of rotatable bonds is 5. The van der Waals surface area contributed by atoms with Crippen LogP contribution in [0.3, 0.4) is 0 Å². The van der Waals surface area contributed by atoms with Crippen molar-refractivity contribution in [2.24, 2.45) is 14.1 Å². The second kappa shape index (κ2) is 8.12. The Labute approximate surface area is 182 Å². The summed E-state index contributed by atoms with van der Waals surface area (Å²) in [6.07, 6.45) is 0. The lowest BCUT2D eigenvalue weighted by atomic mass is 10.3.